The summed E-state index contributed by atoms with van der Waals surface area (Å²) in [7, 11) is 0. The summed E-state index contributed by atoms with van der Waals surface area (Å²) < 4.78 is 10.6. The van der Waals surface area contributed by atoms with Crippen LogP contribution in [0.3, 0.4) is 0 Å². The van der Waals surface area contributed by atoms with E-state index in [-0.39, 0.29) is 12.5 Å². The molecule has 1 aliphatic rings. The quantitative estimate of drug-likeness (QED) is 0.803. The van der Waals surface area contributed by atoms with Crippen molar-refractivity contribution < 1.29 is 13.9 Å². The van der Waals surface area contributed by atoms with Crippen molar-refractivity contribution in [2.75, 3.05) is 11.9 Å². The molecule has 0 saturated heterocycles. The highest BCUT2D eigenvalue weighted by atomic mass is 16.5. The van der Waals surface area contributed by atoms with E-state index >= 15 is 0 Å². The molecule has 3 aromatic rings. The lowest BCUT2D eigenvalue weighted by Crippen LogP contribution is -2.25. The number of benzene rings is 2. The van der Waals surface area contributed by atoms with Gasteiger partial charge in [-0.1, -0.05) is 18.2 Å². The maximum absolute atomic E-state index is 11.4. The molecule has 4 rings (SSSR count). The minimum absolute atomic E-state index is 0.0943. The maximum Gasteiger partial charge on any atom is 0.262 e. The normalized spacial score (nSPS) is 13.5. The number of hydrogen-bond donors (Lipinski definition) is 1. The zero-order chi connectivity index (χ0) is 14.9. The lowest BCUT2D eigenvalue weighted by molar-refractivity contribution is -0.118. The summed E-state index contributed by atoms with van der Waals surface area (Å²) in [4.78, 5) is 11.4. The van der Waals surface area contributed by atoms with E-state index in [1.54, 1.807) is 12.5 Å². The van der Waals surface area contributed by atoms with E-state index in [1.807, 2.05) is 18.2 Å². The first-order chi connectivity index (χ1) is 10.8. The Labute approximate surface area is 127 Å². The third kappa shape index (κ3) is 2.44. The summed E-state index contributed by atoms with van der Waals surface area (Å²) >= 11 is 0. The second kappa shape index (κ2) is 5.22. The number of ether oxygens (including phenoxy) is 1. The number of carbonyl (C=O) groups excluding carboxylic acids is 1. The predicted molar refractivity (Wildman–Crippen MR) is 84.2 cm³/mol. The van der Waals surface area contributed by atoms with E-state index in [0.29, 0.717) is 0 Å². The van der Waals surface area contributed by atoms with Crippen molar-refractivity contribution in [2.24, 2.45) is 0 Å². The topological polar surface area (TPSA) is 51.5 Å². The fraction of sp³-hybridized carbons (Fsp3) is 0.167. The van der Waals surface area contributed by atoms with E-state index in [1.165, 1.54) is 11.1 Å². The summed E-state index contributed by atoms with van der Waals surface area (Å²) in [5.41, 5.74) is 3.21. The minimum Gasteiger partial charge on any atom is -0.482 e. The highest BCUT2D eigenvalue weighted by Crippen LogP contribution is 2.29. The Bertz CT molecular complexity index is 850. The van der Waals surface area contributed by atoms with Gasteiger partial charge < -0.3 is 14.5 Å². The Kier molecular flexibility index (Phi) is 3.07. The Hall–Kier alpha value is -2.75. The molecule has 2 heterocycles. The Balaban J connectivity index is 1.51. The van der Waals surface area contributed by atoms with Crippen LogP contribution in [0.1, 0.15) is 11.1 Å². The molecule has 0 saturated carbocycles. The van der Waals surface area contributed by atoms with Gasteiger partial charge in [0, 0.05) is 10.8 Å². The van der Waals surface area contributed by atoms with Gasteiger partial charge in [0.1, 0.15) is 5.75 Å². The van der Waals surface area contributed by atoms with Crippen molar-refractivity contribution in [3.05, 3.63) is 60.1 Å². The average Bonchev–Trinajstić information content (AvgIpc) is 3.00. The van der Waals surface area contributed by atoms with Gasteiger partial charge in [-0.25, -0.2) is 0 Å². The summed E-state index contributed by atoms with van der Waals surface area (Å²) in [5.74, 6) is 0.637. The Morgan fingerprint density at radius 2 is 1.73 bits per heavy atom. The first-order valence-electron chi connectivity index (χ1n) is 7.28. The van der Waals surface area contributed by atoms with Gasteiger partial charge in [-0.3, -0.25) is 4.79 Å². The molecule has 0 unspecified atom stereocenters. The second-order valence-corrected chi connectivity index (χ2v) is 5.50. The number of furan rings is 1. The lowest BCUT2D eigenvalue weighted by atomic mass is 10.0. The molecule has 0 fully saturated rings. The number of rotatable bonds is 3. The van der Waals surface area contributed by atoms with Gasteiger partial charge in [0.2, 0.25) is 0 Å². The Morgan fingerprint density at radius 1 is 0.955 bits per heavy atom. The molecule has 1 aromatic heterocycles. The van der Waals surface area contributed by atoms with E-state index in [0.717, 1.165) is 35.1 Å². The molecule has 0 aliphatic carbocycles. The van der Waals surface area contributed by atoms with E-state index in [9.17, 15) is 4.79 Å². The van der Waals surface area contributed by atoms with Crippen LogP contribution in [0.5, 0.6) is 5.75 Å². The van der Waals surface area contributed by atoms with Gasteiger partial charge >= 0.3 is 0 Å². The third-order valence-corrected chi connectivity index (χ3v) is 3.92. The molecular weight excluding hydrogens is 278 g/mol. The lowest BCUT2D eigenvalue weighted by Gasteiger charge is -2.18. The molecule has 22 heavy (non-hydrogen) atoms. The van der Waals surface area contributed by atoms with Crippen LogP contribution in [0.4, 0.5) is 5.69 Å². The van der Waals surface area contributed by atoms with Crippen molar-refractivity contribution in [3.8, 4) is 5.75 Å². The summed E-state index contributed by atoms with van der Waals surface area (Å²) in [6.07, 6.45) is 5.37. The van der Waals surface area contributed by atoms with Crippen LogP contribution < -0.4 is 10.1 Å². The molecule has 0 radical (unpaired) electrons. The standard InChI is InChI=1S/C18H15NO3/c20-18-11-22-17-6-4-13(8-16(17)19-18)2-1-12-3-5-14-9-21-10-15(14)7-12/h3-10H,1-2,11H2,(H,19,20). The largest absolute Gasteiger partial charge is 0.482 e. The van der Waals surface area contributed by atoms with E-state index < -0.39 is 0 Å². The van der Waals surface area contributed by atoms with Gasteiger partial charge in [-0.15, -0.1) is 0 Å². The van der Waals surface area contributed by atoms with Crippen molar-refractivity contribution >= 4 is 22.4 Å². The first-order valence-corrected chi connectivity index (χ1v) is 7.28. The summed E-state index contributed by atoms with van der Waals surface area (Å²) in [6, 6.07) is 12.3. The second-order valence-electron chi connectivity index (χ2n) is 5.50. The smallest absolute Gasteiger partial charge is 0.262 e. The van der Waals surface area contributed by atoms with Crippen molar-refractivity contribution in [1.29, 1.82) is 0 Å². The predicted octanol–water partition coefficient (Wildman–Crippen LogP) is 3.55. The molecule has 0 spiro atoms. The van der Waals surface area contributed by atoms with Crippen molar-refractivity contribution in [1.82, 2.24) is 0 Å². The fourth-order valence-electron chi connectivity index (χ4n) is 2.74. The molecule has 110 valence electrons. The highest BCUT2D eigenvalue weighted by molar-refractivity contribution is 5.95. The number of carbonyl (C=O) groups is 1. The number of hydrogen-bond acceptors (Lipinski definition) is 3. The average molecular weight is 293 g/mol. The van der Waals surface area contributed by atoms with E-state index in [4.69, 9.17) is 9.15 Å². The SMILES string of the molecule is O=C1COc2ccc(CCc3ccc4cocc4c3)cc2N1. The summed E-state index contributed by atoms with van der Waals surface area (Å²) in [6.45, 7) is 0.0943. The third-order valence-electron chi connectivity index (χ3n) is 3.92. The van der Waals surface area contributed by atoms with Crippen molar-refractivity contribution in [3.63, 3.8) is 0 Å². The molecule has 4 heteroatoms. The zero-order valence-corrected chi connectivity index (χ0v) is 12.0. The highest BCUT2D eigenvalue weighted by Gasteiger charge is 2.15. The maximum atomic E-state index is 11.4. The van der Waals surface area contributed by atoms with Crippen LogP contribution in [-0.4, -0.2) is 12.5 Å². The van der Waals surface area contributed by atoms with Gasteiger partial charge in [0.15, 0.2) is 6.61 Å². The first kappa shape index (κ1) is 13.0. The van der Waals surface area contributed by atoms with E-state index in [2.05, 4.69) is 23.5 Å². The van der Waals surface area contributed by atoms with Crippen LogP contribution in [-0.2, 0) is 17.6 Å². The summed E-state index contributed by atoms with van der Waals surface area (Å²) in [5, 5.41) is 5.09. The fourth-order valence-corrected chi connectivity index (χ4v) is 2.74. The van der Waals surface area contributed by atoms with Gasteiger partial charge in [0.05, 0.1) is 18.2 Å². The van der Waals surface area contributed by atoms with Crippen LogP contribution in [0.25, 0.3) is 10.8 Å². The number of nitrogens with one attached hydrogen (secondary N) is 1. The molecule has 1 N–H and O–H groups in total. The molecular formula is C18H15NO3. The van der Waals surface area contributed by atoms with Gasteiger partial charge in [0.25, 0.3) is 5.91 Å². The van der Waals surface area contributed by atoms with Crippen molar-refractivity contribution in [2.45, 2.75) is 12.8 Å². The molecule has 4 nitrogen and oxygen atoms in total. The van der Waals surface area contributed by atoms with Gasteiger partial charge in [-0.05, 0) is 42.2 Å². The molecule has 1 aliphatic heterocycles. The molecule has 2 aromatic carbocycles. The number of amides is 1. The molecule has 0 bridgehead atoms. The number of aryl methyl sites for hydroxylation is 2. The monoisotopic (exact) mass is 293 g/mol. The van der Waals surface area contributed by atoms with Crippen LogP contribution in [0, 0.1) is 0 Å². The number of fused-ring (bicyclic) bond motifs is 2. The van der Waals surface area contributed by atoms with Crippen LogP contribution in [0.2, 0.25) is 0 Å². The zero-order valence-electron chi connectivity index (χ0n) is 12.0. The van der Waals surface area contributed by atoms with Crippen LogP contribution in [0.15, 0.2) is 53.3 Å². The van der Waals surface area contributed by atoms with Crippen LogP contribution >= 0.6 is 0 Å². The Morgan fingerprint density at radius 3 is 2.64 bits per heavy atom. The van der Waals surface area contributed by atoms with Gasteiger partial charge in [-0.2, -0.15) is 0 Å². The number of anilines is 1. The molecule has 0 atom stereocenters. The minimum atomic E-state index is -0.102. The molecule has 1 amide bonds.